The fourth-order valence-corrected chi connectivity index (χ4v) is 5.50. The van der Waals surface area contributed by atoms with Crippen LogP contribution in [0.3, 0.4) is 0 Å². The lowest BCUT2D eigenvalue weighted by Gasteiger charge is -2.08. The van der Waals surface area contributed by atoms with Gasteiger partial charge in [0.05, 0.1) is 0 Å². The zero-order valence-electron chi connectivity index (χ0n) is 14.6. The number of unbranched alkanes of at least 4 members (excludes halogenated alkanes) is 3. The smallest absolute Gasteiger partial charge is 0.0430 e. The molecule has 124 valence electrons. The van der Waals surface area contributed by atoms with Crippen LogP contribution in [-0.2, 0) is 6.42 Å². The van der Waals surface area contributed by atoms with Crippen LogP contribution in [0, 0.1) is 0 Å². The normalized spacial score (nSPS) is 12.2. The van der Waals surface area contributed by atoms with Gasteiger partial charge in [0.1, 0.15) is 0 Å². The van der Waals surface area contributed by atoms with E-state index in [2.05, 4.69) is 61.5 Å². The van der Waals surface area contributed by atoms with E-state index in [0.717, 1.165) is 0 Å². The molecule has 0 fully saturated rings. The zero-order valence-corrected chi connectivity index (χ0v) is 15.5. The van der Waals surface area contributed by atoms with Gasteiger partial charge in [-0.15, -0.1) is 11.3 Å². The van der Waals surface area contributed by atoms with Gasteiger partial charge in [0.15, 0.2) is 0 Å². The maximum atomic E-state index is 2.48. The highest BCUT2D eigenvalue weighted by atomic mass is 32.1. The number of thiophene rings is 1. The monoisotopic (exact) mass is 342 g/mol. The van der Waals surface area contributed by atoms with E-state index in [-0.39, 0.29) is 0 Å². The molecule has 1 aliphatic rings. The summed E-state index contributed by atoms with van der Waals surface area (Å²) >= 11 is 2.02. The Morgan fingerprint density at radius 2 is 1.68 bits per heavy atom. The van der Waals surface area contributed by atoms with Crippen molar-refractivity contribution in [2.75, 3.05) is 0 Å². The first-order valence-corrected chi connectivity index (χ1v) is 10.3. The van der Waals surface area contributed by atoms with E-state index in [1.807, 2.05) is 11.3 Å². The molecule has 0 unspecified atom stereocenters. The van der Waals surface area contributed by atoms with Gasteiger partial charge in [0.25, 0.3) is 0 Å². The zero-order chi connectivity index (χ0) is 16.8. The molecule has 0 amide bonds. The van der Waals surface area contributed by atoms with E-state index in [1.165, 1.54) is 75.2 Å². The SMILES string of the molecule is CCCCCCc1cc2c(s1)-c1cccc3cc4ccccc4c-2c13. The molecule has 25 heavy (non-hydrogen) atoms. The van der Waals surface area contributed by atoms with Gasteiger partial charge in [-0.1, -0.05) is 68.7 Å². The lowest BCUT2D eigenvalue weighted by atomic mass is 9.96. The molecule has 0 radical (unpaired) electrons. The van der Waals surface area contributed by atoms with Crippen molar-refractivity contribution in [2.45, 2.75) is 39.0 Å². The molecule has 1 aliphatic carbocycles. The Labute approximate surface area is 153 Å². The first-order valence-electron chi connectivity index (χ1n) is 9.44. The summed E-state index contributed by atoms with van der Waals surface area (Å²) in [5.74, 6) is 0. The van der Waals surface area contributed by atoms with Crippen LogP contribution in [0.4, 0.5) is 0 Å². The minimum atomic E-state index is 1.23. The molecule has 0 aliphatic heterocycles. The number of hydrogen-bond donors (Lipinski definition) is 0. The van der Waals surface area contributed by atoms with Crippen LogP contribution in [0.2, 0.25) is 0 Å². The van der Waals surface area contributed by atoms with Crippen LogP contribution in [0.1, 0.15) is 37.5 Å². The highest BCUT2D eigenvalue weighted by molar-refractivity contribution is 7.16. The summed E-state index contributed by atoms with van der Waals surface area (Å²) in [5, 5.41) is 5.58. The second-order valence-electron chi connectivity index (χ2n) is 7.14. The van der Waals surface area contributed by atoms with Crippen molar-refractivity contribution in [1.29, 1.82) is 0 Å². The Kier molecular flexibility index (Phi) is 3.64. The first kappa shape index (κ1) is 15.2. The number of fused-ring (bicyclic) bond motifs is 5. The molecule has 1 aromatic heterocycles. The molecule has 0 nitrogen and oxygen atoms in total. The topological polar surface area (TPSA) is 0 Å². The molecule has 0 spiro atoms. The van der Waals surface area contributed by atoms with Gasteiger partial charge in [-0.25, -0.2) is 0 Å². The van der Waals surface area contributed by atoms with E-state index in [9.17, 15) is 0 Å². The predicted octanol–water partition coefficient (Wildman–Crippen LogP) is 7.82. The Balaban J connectivity index is 1.67. The summed E-state index contributed by atoms with van der Waals surface area (Å²) in [6, 6.07) is 20.5. The van der Waals surface area contributed by atoms with E-state index < -0.39 is 0 Å². The number of rotatable bonds is 5. The maximum absolute atomic E-state index is 2.48. The summed E-state index contributed by atoms with van der Waals surface area (Å²) in [5.41, 5.74) is 4.38. The van der Waals surface area contributed by atoms with Crippen LogP contribution >= 0.6 is 11.3 Å². The highest BCUT2D eigenvalue weighted by Gasteiger charge is 2.25. The van der Waals surface area contributed by atoms with Crippen molar-refractivity contribution in [1.82, 2.24) is 0 Å². The van der Waals surface area contributed by atoms with Crippen molar-refractivity contribution >= 4 is 32.9 Å². The summed E-state index contributed by atoms with van der Waals surface area (Å²) in [6.07, 6.45) is 6.57. The lowest BCUT2D eigenvalue weighted by Crippen LogP contribution is -1.83. The summed E-state index contributed by atoms with van der Waals surface area (Å²) in [7, 11) is 0. The van der Waals surface area contributed by atoms with Gasteiger partial charge in [0, 0.05) is 20.9 Å². The Morgan fingerprint density at radius 3 is 2.60 bits per heavy atom. The second-order valence-corrected chi connectivity index (χ2v) is 8.28. The third-order valence-electron chi connectivity index (χ3n) is 5.46. The average molecular weight is 343 g/mol. The Morgan fingerprint density at radius 1 is 0.800 bits per heavy atom. The summed E-state index contributed by atoms with van der Waals surface area (Å²) < 4.78 is 0. The predicted molar refractivity (Wildman–Crippen MR) is 112 cm³/mol. The van der Waals surface area contributed by atoms with E-state index in [0.29, 0.717) is 0 Å². The molecule has 0 saturated carbocycles. The lowest BCUT2D eigenvalue weighted by molar-refractivity contribution is 0.670. The molecular formula is C24H22S. The van der Waals surface area contributed by atoms with Crippen LogP contribution in [-0.4, -0.2) is 0 Å². The van der Waals surface area contributed by atoms with E-state index >= 15 is 0 Å². The first-order chi connectivity index (χ1) is 12.4. The van der Waals surface area contributed by atoms with Gasteiger partial charge < -0.3 is 0 Å². The molecule has 1 heteroatoms. The molecule has 0 atom stereocenters. The average Bonchev–Trinajstić information content (AvgIpc) is 3.18. The van der Waals surface area contributed by atoms with Crippen molar-refractivity contribution in [3.05, 3.63) is 59.5 Å². The minimum Gasteiger partial charge on any atom is -0.140 e. The minimum absolute atomic E-state index is 1.23. The molecule has 0 N–H and O–H groups in total. The van der Waals surface area contributed by atoms with Crippen molar-refractivity contribution in [3.8, 4) is 21.6 Å². The van der Waals surface area contributed by atoms with Gasteiger partial charge in [0.2, 0.25) is 0 Å². The third-order valence-corrected chi connectivity index (χ3v) is 6.69. The number of benzene rings is 3. The Bertz CT molecular complexity index is 1080. The van der Waals surface area contributed by atoms with E-state index in [1.54, 1.807) is 4.88 Å². The van der Waals surface area contributed by atoms with Crippen LogP contribution < -0.4 is 0 Å². The summed E-state index contributed by atoms with van der Waals surface area (Å²) in [4.78, 5) is 3.04. The van der Waals surface area contributed by atoms with Crippen LogP contribution in [0.15, 0.2) is 54.6 Å². The third kappa shape index (κ3) is 2.33. The quantitative estimate of drug-likeness (QED) is 0.225. The fraction of sp³-hybridized carbons (Fsp3) is 0.250. The molecule has 0 bridgehead atoms. The van der Waals surface area contributed by atoms with Crippen molar-refractivity contribution in [3.63, 3.8) is 0 Å². The van der Waals surface area contributed by atoms with Gasteiger partial charge in [-0.2, -0.15) is 0 Å². The highest BCUT2D eigenvalue weighted by Crippen LogP contribution is 2.53. The fourth-order valence-electron chi connectivity index (χ4n) is 4.27. The summed E-state index contributed by atoms with van der Waals surface area (Å²) in [6.45, 7) is 2.28. The number of aryl methyl sites for hydroxylation is 1. The molecule has 1 heterocycles. The molecule has 4 aromatic rings. The molecule has 3 aromatic carbocycles. The van der Waals surface area contributed by atoms with Gasteiger partial charge in [-0.05, 0) is 52.1 Å². The molecule has 5 rings (SSSR count). The standard InChI is InChI=1S/C24H22S/c1-2-3-4-5-11-18-15-21-23-19-12-7-6-9-16(19)14-17-10-8-13-20(22(17)23)24(21)25-18/h6-10,12-15H,2-5,11H2,1H3. The number of hydrogen-bond acceptors (Lipinski definition) is 1. The van der Waals surface area contributed by atoms with E-state index in [4.69, 9.17) is 0 Å². The van der Waals surface area contributed by atoms with Crippen LogP contribution in [0.5, 0.6) is 0 Å². The van der Waals surface area contributed by atoms with Gasteiger partial charge >= 0.3 is 0 Å². The Hall–Kier alpha value is -2.12. The molecule has 0 saturated heterocycles. The van der Waals surface area contributed by atoms with Crippen molar-refractivity contribution in [2.24, 2.45) is 0 Å². The maximum Gasteiger partial charge on any atom is 0.0430 e. The largest absolute Gasteiger partial charge is 0.140 e. The van der Waals surface area contributed by atoms with Crippen molar-refractivity contribution < 1.29 is 0 Å². The van der Waals surface area contributed by atoms with Gasteiger partial charge in [-0.3, -0.25) is 0 Å². The second kappa shape index (κ2) is 6.00. The van der Waals surface area contributed by atoms with Crippen LogP contribution in [0.25, 0.3) is 43.1 Å². The molecular weight excluding hydrogens is 320 g/mol.